The Morgan fingerprint density at radius 3 is 2.48 bits per heavy atom. The van der Waals surface area contributed by atoms with Crippen LogP contribution in [-0.2, 0) is 10.1 Å². The van der Waals surface area contributed by atoms with E-state index in [1.165, 1.54) is 4.90 Å². The van der Waals surface area contributed by atoms with Crippen molar-refractivity contribution in [3.8, 4) is 11.3 Å². The number of hydrogen-bond donors (Lipinski definition) is 2. The maximum absolute atomic E-state index is 14.0. The number of pyridine rings is 1. The highest BCUT2D eigenvalue weighted by Crippen LogP contribution is 2.30. The minimum atomic E-state index is -4.70. The van der Waals surface area contributed by atoms with E-state index in [0.717, 1.165) is 24.2 Å². The SMILES string of the molecule is Cc1ccc(N(C(=O)c2ccccc2)C(CN2CCN(C)CC2)S(=O)(=O)O)cc1Nc1nccc(-c2cccnc2)n1. The maximum atomic E-state index is 14.0. The van der Waals surface area contributed by atoms with Gasteiger partial charge in [0.2, 0.25) is 5.95 Å². The number of hydrogen-bond acceptors (Lipinski definition) is 9. The summed E-state index contributed by atoms with van der Waals surface area (Å²) in [6.07, 6.45) is 5.03. The molecule has 0 spiro atoms. The van der Waals surface area contributed by atoms with Crippen LogP contribution in [0.4, 0.5) is 17.3 Å². The second-order valence-electron chi connectivity index (χ2n) is 10.2. The number of carbonyl (C=O) groups is 1. The van der Waals surface area contributed by atoms with Crippen LogP contribution < -0.4 is 10.2 Å². The molecule has 11 nitrogen and oxygen atoms in total. The van der Waals surface area contributed by atoms with Gasteiger partial charge in [0.05, 0.1) is 5.69 Å². The Morgan fingerprint density at radius 1 is 1.02 bits per heavy atom. The number of piperazine rings is 1. The van der Waals surface area contributed by atoms with Crippen LogP contribution in [0.1, 0.15) is 15.9 Å². The van der Waals surface area contributed by atoms with Crippen LogP contribution in [-0.4, -0.2) is 88.8 Å². The average molecular weight is 588 g/mol. The summed E-state index contributed by atoms with van der Waals surface area (Å²) in [5, 5.41) is 1.68. The van der Waals surface area contributed by atoms with E-state index < -0.39 is 21.4 Å². The lowest BCUT2D eigenvalue weighted by atomic mass is 10.1. The number of rotatable bonds is 9. The Kier molecular flexibility index (Phi) is 8.88. The first-order valence-electron chi connectivity index (χ1n) is 13.6. The van der Waals surface area contributed by atoms with Crippen molar-refractivity contribution in [1.82, 2.24) is 24.8 Å². The summed E-state index contributed by atoms with van der Waals surface area (Å²) in [5.74, 6) is -0.224. The molecule has 5 rings (SSSR count). The van der Waals surface area contributed by atoms with Gasteiger partial charge in [-0.3, -0.25) is 24.1 Å². The van der Waals surface area contributed by atoms with Crippen LogP contribution in [0.25, 0.3) is 11.3 Å². The number of carbonyl (C=O) groups excluding carboxylic acids is 1. The number of nitrogens with one attached hydrogen (secondary N) is 1. The summed E-state index contributed by atoms with van der Waals surface area (Å²) in [4.78, 5) is 32.3. The number of aryl methyl sites for hydroxylation is 1. The summed E-state index contributed by atoms with van der Waals surface area (Å²) >= 11 is 0. The summed E-state index contributed by atoms with van der Waals surface area (Å²) < 4.78 is 36.3. The molecule has 1 aliphatic rings. The smallest absolute Gasteiger partial charge is 0.288 e. The van der Waals surface area contributed by atoms with Gasteiger partial charge in [-0.05, 0) is 62.0 Å². The molecule has 1 unspecified atom stereocenters. The van der Waals surface area contributed by atoms with Crippen molar-refractivity contribution in [2.24, 2.45) is 0 Å². The third kappa shape index (κ3) is 6.97. The Labute approximate surface area is 245 Å². The van der Waals surface area contributed by atoms with Crippen LogP contribution in [0, 0.1) is 6.92 Å². The highest BCUT2D eigenvalue weighted by Gasteiger charge is 2.37. The maximum Gasteiger partial charge on any atom is 0.288 e. The molecule has 2 aromatic carbocycles. The van der Waals surface area contributed by atoms with E-state index in [9.17, 15) is 17.8 Å². The molecule has 2 aromatic heterocycles. The van der Waals surface area contributed by atoms with Gasteiger partial charge in [0.15, 0.2) is 5.37 Å². The zero-order valence-corrected chi connectivity index (χ0v) is 24.3. The van der Waals surface area contributed by atoms with Crippen molar-refractivity contribution in [1.29, 1.82) is 0 Å². The standard InChI is InChI=1S/C30H33N7O4S/c1-22-10-11-25(19-27(22)34-30-32-14-12-26(33-30)24-9-6-13-31-20-24)37(29(38)23-7-4-3-5-8-23)28(42(39,40)41)21-36-17-15-35(2)16-18-36/h3-14,19-20,28H,15-18,21H2,1-2H3,(H,32,33,34)(H,39,40,41). The minimum Gasteiger partial charge on any atom is -0.324 e. The van der Waals surface area contributed by atoms with Gasteiger partial charge in [-0.1, -0.05) is 24.3 Å². The molecule has 0 radical (unpaired) electrons. The van der Waals surface area contributed by atoms with Crippen LogP contribution in [0.2, 0.25) is 0 Å². The monoisotopic (exact) mass is 587 g/mol. The molecule has 1 amide bonds. The van der Waals surface area contributed by atoms with E-state index in [4.69, 9.17) is 0 Å². The van der Waals surface area contributed by atoms with Crippen LogP contribution in [0.3, 0.4) is 0 Å². The Bertz CT molecular complexity index is 1630. The lowest BCUT2D eigenvalue weighted by molar-refractivity contribution is 0.0969. The molecule has 2 N–H and O–H groups in total. The molecule has 218 valence electrons. The van der Waals surface area contributed by atoms with Gasteiger partial charge in [0.1, 0.15) is 0 Å². The van der Waals surface area contributed by atoms with Gasteiger partial charge in [-0.2, -0.15) is 8.42 Å². The number of nitrogens with zero attached hydrogens (tertiary/aromatic N) is 6. The van der Waals surface area contributed by atoms with Crippen molar-refractivity contribution in [2.75, 3.05) is 50.0 Å². The van der Waals surface area contributed by atoms with E-state index in [1.807, 2.05) is 31.0 Å². The van der Waals surface area contributed by atoms with E-state index in [2.05, 4.69) is 25.2 Å². The third-order valence-electron chi connectivity index (χ3n) is 7.24. The number of likely N-dealkylation sites (N-methyl/N-ethyl adjacent to an activating group) is 1. The van der Waals surface area contributed by atoms with Gasteiger partial charge in [0, 0.05) is 73.8 Å². The molecular weight excluding hydrogens is 554 g/mol. The van der Waals surface area contributed by atoms with Crippen molar-refractivity contribution in [3.63, 3.8) is 0 Å². The zero-order chi connectivity index (χ0) is 29.7. The first-order chi connectivity index (χ1) is 20.2. The molecule has 0 saturated carbocycles. The van der Waals surface area contributed by atoms with Crippen LogP contribution in [0.15, 0.2) is 85.3 Å². The second-order valence-corrected chi connectivity index (χ2v) is 11.8. The van der Waals surface area contributed by atoms with Gasteiger partial charge >= 0.3 is 0 Å². The second kappa shape index (κ2) is 12.7. The van der Waals surface area contributed by atoms with Crippen molar-refractivity contribution in [2.45, 2.75) is 12.3 Å². The molecule has 1 atom stereocenters. The summed E-state index contributed by atoms with van der Waals surface area (Å²) in [5.41, 5.74) is 3.50. The normalized spacial score (nSPS) is 15.2. The molecule has 0 bridgehead atoms. The van der Waals surface area contributed by atoms with Crippen LogP contribution >= 0.6 is 0 Å². The zero-order valence-electron chi connectivity index (χ0n) is 23.5. The van der Waals surface area contributed by atoms with Crippen molar-refractivity contribution >= 4 is 33.3 Å². The molecule has 3 heterocycles. The largest absolute Gasteiger partial charge is 0.324 e. The van der Waals surface area contributed by atoms with Gasteiger partial charge in [0.25, 0.3) is 16.0 Å². The van der Waals surface area contributed by atoms with E-state index in [-0.39, 0.29) is 6.54 Å². The fourth-order valence-electron chi connectivity index (χ4n) is 4.80. The molecule has 0 aliphatic carbocycles. The molecular formula is C30H33N7O4S. The Hall–Kier alpha value is -4.23. The summed E-state index contributed by atoms with van der Waals surface area (Å²) in [6.45, 7) is 4.56. The number of benzene rings is 2. The molecule has 12 heteroatoms. The Balaban J connectivity index is 1.53. The van der Waals surface area contributed by atoms with Crippen molar-refractivity contribution in [3.05, 3.63) is 96.4 Å². The predicted octanol–water partition coefficient (Wildman–Crippen LogP) is 3.70. The van der Waals surface area contributed by atoms with Gasteiger partial charge in [-0.15, -0.1) is 0 Å². The molecule has 1 fully saturated rings. The van der Waals surface area contributed by atoms with Crippen molar-refractivity contribution < 1.29 is 17.8 Å². The molecule has 1 aliphatic heterocycles. The molecule has 1 saturated heterocycles. The summed E-state index contributed by atoms with van der Waals surface area (Å²) in [6, 6.07) is 19.1. The van der Waals surface area contributed by atoms with E-state index >= 15 is 0 Å². The fraction of sp³-hybridized carbons (Fsp3) is 0.267. The Morgan fingerprint density at radius 2 is 1.79 bits per heavy atom. The fourth-order valence-corrected chi connectivity index (χ4v) is 5.69. The first kappa shape index (κ1) is 29.3. The lowest BCUT2D eigenvalue weighted by Gasteiger charge is -2.37. The first-order valence-corrected chi connectivity index (χ1v) is 15.1. The highest BCUT2D eigenvalue weighted by molar-refractivity contribution is 7.86. The lowest BCUT2D eigenvalue weighted by Crippen LogP contribution is -2.54. The molecule has 4 aromatic rings. The molecule has 42 heavy (non-hydrogen) atoms. The van der Waals surface area contributed by atoms with E-state index in [0.29, 0.717) is 41.7 Å². The van der Waals surface area contributed by atoms with Gasteiger partial charge in [-0.25, -0.2) is 9.97 Å². The van der Waals surface area contributed by atoms with Crippen LogP contribution in [0.5, 0.6) is 0 Å². The highest BCUT2D eigenvalue weighted by atomic mass is 32.2. The topological polar surface area (TPSA) is 132 Å². The third-order valence-corrected chi connectivity index (χ3v) is 8.29. The number of amides is 1. The minimum absolute atomic E-state index is 0.0435. The average Bonchev–Trinajstić information content (AvgIpc) is 3.00. The quantitative estimate of drug-likeness (QED) is 0.280. The number of aromatic nitrogens is 3. The predicted molar refractivity (Wildman–Crippen MR) is 162 cm³/mol. The van der Waals surface area contributed by atoms with Gasteiger partial charge < -0.3 is 10.2 Å². The summed E-state index contributed by atoms with van der Waals surface area (Å²) in [7, 11) is -2.70. The number of anilines is 3. The van der Waals surface area contributed by atoms with E-state index in [1.54, 1.807) is 73.2 Å².